The van der Waals surface area contributed by atoms with E-state index in [1.807, 2.05) is 0 Å². The van der Waals surface area contributed by atoms with Gasteiger partial charge in [-0.25, -0.2) is 0 Å². The van der Waals surface area contributed by atoms with E-state index < -0.39 is 0 Å². The van der Waals surface area contributed by atoms with Gasteiger partial charge in [-0.1, -0.05) is 12.8 Å². The highest BCUT2D eigenvalue weighted by atomic mass is 16.5. The van der Waals surface area contributed by atoms with Gasteiger partial charge in [-0.3, -0.25) is 9.59 Å². The molecule has 0 bridgehead atoms. The monoisotopic (exact) mass is 185 g/mol. The van der Waals surface area contributed by atoms with Gasteiger partial charge in [0.1, 0.15) is 0 Å². The van der Waals surface area contributed by atoms with Crippen LogP contribution in [0.5, 0.6) is 0 Å². The van der Waals surface area contributed by atoms with Gasteiger partial charge in [0.2, 0.25) is 0 Å². The zero-order valence-corrected chi connectivity index (χ0v) is 7.67. The molecule has 0 radical (unpaired) electrons. The second-order valence-corrected chi connectivity index (χ2v) is 3.17. The molecule has 0 aliphatic carbocycles. The minimum atomic E-state index is -0.267. The maximum atomic E-state index is 11.0. The zero-order chi connectivity index (χ0) is 9.52. The molecule has 74 valence electrons. The molecule has 1 heterocycles. The third-order valence-electron chi connectivity index (χ3n) is 1.99. The van der Waals surface area contributed by atoms with Crippen molar-refractivity contribution >= 4 is 11.9 Å². The molecule has 1 saturated heterocycles. The quantitative estimate of drug-likeness (QED) is 0.562. The highest BCUT2D eigenvalue weighted by Gasteiger charge is 2.08. The number of hydrogen-bond acceptors (Lipinski definition) is 3. The van der Waals surface area contributed by atoms with E-state index in [2.05, 4.69) is 5.32 Å². The molecule has 1 amide bonds. The Labute approximate surface area is 77.6 Å². The summed E-state index contributed by atoms with van der Waals surface area (Å²) >= 11 is 0. The van der Waals surface area contributed by atoms with E-state index >= 15 is 0 Å². The van der Waals surface area contributed by atoms with Gasteiger partial charge in [-0.05, 0) is 12.8 Å². The lowest BCUT2D eigenvalue weighted by molar-refractivity contribution is -0.148. The van der Waals surface area contributed by atoms with Gasteiger partial charge < -0.3 is 10.1 Å². The van der Waals surface area contributed by atoms with Crippen LogP contribution in [0.3, 0.4) is 0 Å². The molecule has 0 aromatic heterocycles. The smallest absolute Gasteiger partial charge is 0.306 e. The highest BCUT2D eigenvalue weighted by Crippen LogP contribution is 2.04. The number of ether oxygens (including phenoxy) is 1. The van der Waals surface area contributed by atoms with Crippen LogP contribution in [0.4, 0.5) is 0 Å². The molecule has 0 saturated carbocycles. The molecule has 0 atom stereocenters. The number of cyclic esters (lactones) is 1. The predicted octanol–water partition coefficient (Wildman–Crippen LogP) is 0.610. The number of hydrogen-bond donors (Lipinski definition) is 1. The maximum Gasteiger partial charge on any atom is 0.306 e. The lowest BCUT2D eigenvalue weighted by atomic mass is 10.1. The van der Waals surface area contributed by atoms with Gasteiger partial charge >= 0.3 is 5.97 Å². The molecule has 0 spiro atoms. The van der Waals surface area contributed by atoms with Crippen LogP contribution in [0, 0.1) is 0 Å². The maximum absolute atomic E-state index is 11.0. The second-order valence-electron chi connectivity index (χ2n) is 3.17. The largest absolute Gasteiger partial charge is 0.456 e. The summed E-state index contributed by atoms with van der Waals surface area (Å²) < 4.78 is 4.74. The summed E-state index contributed by atoms with van der Waals surface area (Å²) in [5.41, 5.74) is 0. The second kappa shape index (κ2) is 5.56. The van der Waals surface area contributed by atoms with Crippen molar-refractivity contribution in [2.45, 2.75) is 32.1 Å². The van der Waals surface area contributed by atoms with Crippen LogP contribution in [-0.4, -0.2) is 25.0 Å². The summed E-state index contributed by atoms with van der Waals surface area (Å²) in [7, 11) is 0. The average Bonchev–Trinajstić information content (AvgIpc) is 2.15. The SMILES string of the molecule is O=C1COC(=O)CCCCCCN1. The van der Waals surface area contributed by atoms with Crippen LogP contribution in [0.15, 0.2) is 0 Å². The molecular weight excluding hydrogens is 170 g/mol. The van der Waals surface area contributed by atoms with E-state index in [1.54, 1.807) is 0 Å². The van der Waals surface area contributed by atoms with Crippen molar-refractivity contribution in [1.82, 2.24) is 5.32 Å². The third-order valence-corrected chi connectivity index (χ3v) is 1.99. The lowest BCUT2D eigenvalue weighted by Gasteiger charge is -2.03. The Morgan fingerprint density at radius 2 is 1.85 bits per heavy atom. The van der Waals surface area contributed by atoms with Gasteiger partial charge in [-0.2, -0.15) is 0 Å². The molecule has 1 rings (SSSR count). The van der Waals surface area contributed by atoms with Crippen LogP contribution >= 0.6 is 0 Å². The number of carbonyl (C=O) groups is 2. The normalized spacial score (nSPS) is 21.2. The van der Waals surface area contributed by atoms with Crippen molar-refractivity contribution in [2.24, 2.45) is 0 Å². The Balaban J connectivity index is 2.32. The van der Waals surface area contributed by atoms with Gasteiger partial charge in [0.15, 0.2) is 6.61 Å². The van der Waals surface area contributed by atoms with E-state index in [4.69, 9.17) is 4.74 Å². The van der Waals surface area contributed by atoms with Gasteiger partial charge in [0, 0.05) is 13.0 Å². The van der Waals surface area contributed by atoms with Crippen molar-refractivity contribution in [2.75, 3.05) is 13.2 Å². The first kappa shape index (κ1) is 10.0. The fourth-order valence-corrected chi connectivity index (χ4v) is 1.24. The Kier molecular flexibility index (Phi) is 4.29. The van der Waals surface area contributed by atoms with Crippen molar-refractivity contribution in [3.63, 3.8) is 0 Å². The molecule has 4 nitrogen and oxygen atoms in total. The number of carbonyl (C=O) groups excluding carboxylic acids is 2. The third kappa shape index (κ3) is 4.50. The summed E-state index contributed by atoms with van der Waals surface area (Å²) in [5.74, 6) is -0.465. The van der Waals surface area contributed by atoms with Crippen LogP contribution in [-0.2, 0) is 14.3 Å². The number of nitrogens with one attached hydrogen (secondary N) is 1. The van der Waals surface area contributed by atoms with E-state index in [0.717, 1.165) is 25.7 Å². The van der Waals surface area contributed by atoms with Crippen LogP contribution < -0.4 is 5.32 Å². The van der Waals surface area contributed by atoms with E-state index in [9.17, 15) is 9.59 Å². The van der Waals surface area contributed by atoms with Gasteiger partial charge in [0.25, 0.3) is 5.91 Å². The zero-order valence-electron chi connectivity index (χ0n) is 7.67. The molecule has 1 aliphatic rings. The molecule has 1 fully saturated rings. The minimum Gasteiger partial charge on any atom is -0.456 e. The summed E-state index contributed by atoms with van der Waals surface area (Å²) in [6.07, 6.45) is 4.39. The number of rotatable bonds is 0. The molecule has 1 N–H and O–H groups in total. The Morgan fingerprint density at radius 1 is 1.08 bits per heavy atom. The van der Waals surface area contributed by atoms with Crippen molar-refractivity contribution in [3.8, 4) is 0 Å². The topological polar surface area (TPSA) is 55.4 Å². The Morgan fingerprint density at radius 3 is 2.69 bits per heavy atom. The molecular formula is C9H15NO3. The Hall–Kier alpha value is -1.06. The van der Waals surface area contributed by atoms with Crippen LogP contribution in [0.1, 0.15) is 32.1 Å². The van der Waals surface area contributed by atoms with Crippen molar-refractivity contribution in [1.29, 1.82) is 0 Å². The van der Waals surface area contributed by atoms with E-state index in [0.29, 0.717) is 13.0 Å². The fourth-order valence-electron chi connectivity index (χ4n) is 1.24. The lowest BCUT2D eigenvalue weighted by Crippen LogP contribution is -2.29. The molecule has 0 unspecified atom stereocenters. The van der Waals surface area contributed by atoms with Crippen molar-refractivity contribution in [3.05, 3.63) is 0 Å². The minimum absolute atomic E-state index is 0.126. The summed E-state index contributed by atoms with van der Waals surface area (Å²) in [5, 5.41) is 2.68. The van der Waals surface area contributed by atoms with E-state index in [1.165, 1.54) is 0 Å². The molecule has 4 heteroatoms. The molecule has 1 aliphatic heterocycles. The highest BCUT2D eigenvalue weighted by molar-refractivity contribution is 5.80. The summed E-state index contributed by atoms with van der Waals surface area (Å²) in [6, 6.07) is 0. The van der Waals surface area contributed by atoms with Crippen LogP contribution in [0.25, 0.3) is 0 Å². The average molecular weight is 185 g/mol. The van der Waals surface area contributed by atoms with E-state index in [-0.39, 0.29) is 18.5 Å². The van der Waals surface area contributed by atoms with Crippen molar-refractivity contribution < 1.29 is 14.3 Å². The molecule has 13 heavy (non-hydrogen) atoms. The molecule has 0 aromatic rings. The first-order valence-electron chi connectivity index (χ1n) is 4.71. The summed E-state index contributed by atoms with van der Waals surface area (Å²) in [4.78, 5) is 21.9. The summed E-state index contributed by atoms with van der Waals surface area (Å²) in [6.45, 7) is 0.565. The van der Waals surface area contributed by atoms with Gasteiger partial charge in [-0.15, -0.1) is 0 Å². The first-order valence-corrected chi connectivity index (χ1v) is 4.71. The standard InChI is InChI=1S/C9H15NO3/c11-8-7-13-9(12)5-3-1-2-4-6-10-8/h1-7H2,(H,10,11). The predicted molar refractivity (Wildman–Crippen MR) is 47.1 cm³/mol. The first-order chi connectivity index (χ1) is 6.29. The number of esters is 1. The number of amides is 1. The van der Waals surface area contributed by atoms with Gasteiger partial charge in [0.05, 0.1) is 0 Å². The fraction of sp³-hybridized carbons (Fsp3) is 0.778. The Bertz CT molecular complexity index is 171. The molecule has 0 aromatic carbocycles. The van der Waals surface area contributed by atoms with Crippen LogP contribution in [0.2, 0.25) is 0 Å².